The summed E-state index contributed by atoms with van der Waals surface area (Å²) in [6.07, 6.45) is 4.19. The van der Waals surface area contributed by atoms with Gasteiger partial charge in [-0.3, -0.25) is 9.89 Å². The minimum atomic E-state index is -0.0141. The number of aromatic amines is 1. The van der Waals surface area contributed by atoms with Gasteiger partial charge in [0.2, 0.25) is 0 Å². The van der Waals surface area contributed by atoms with E-state index in [2.05, 4.69) is 15.4 Å². The zero-order valence-electron chi connectivity index (χ0n) is 14.4. The summed E-state index contributed by atoms with van der Waals surface area (Å²) in [7, 11) is 0. The van der Waals surface area contributed by atoms with Crippen molar-refractivity contribution in [1.82, 2.24) is 20.1 Å². The van der Waals surface area contributed by atoms with Crippen molar-refractivity contribution in [2.75, 3.05) is 0 Å². The van der Waals surface area contributed by atoms with Gasteiger partial charge in [-0.2, -0.15) is 0 Å². The number of halogens is 3. The molecule has 0 spiro atoms. The first kappa shape index (κ1) is 20.0. The molecule has 2 aromatic heterocycles. The number of nitrogens with zero attached hydrogens (tertiary/aromatic N) is 2. The molecule has 3 aromatic rings. The highest BCUT2D eigenvalue weighted by Crippen LogP contribution is 2.23. The van der Waals surface area contributed by atoms with E-state index in [1.807, 2.05) is 30.3 Å². The second-order valence-corrected chi connectivity index (χ2v) is 7.28. The maximum atomic E-state index is 12.7. The van der Waals surface area contributed by atoms with Crippen molar-refractivity contribution < 1.29 is 0 Å². The van der Waals surface area contributed by atoms with Crippen molar-refractivity contribution in [1.29, 1.82) is 0 Å². The van der Waals surface area contributed by atoms with E-state index in [0.29, 0.717) is 28.8 Å². The summed E-state index contributed by atoms with van der Waals surface area (Å²) in [5.74, 6) is 0.618. The molecule has 1 unspecified atom stereocenters. The third kappa shape index (κ3) is 4.22. The molecule has 0 aliphatic heterocycles. The van der Waals surface area contributed by atoms with Crippen LogP contribution in [0, 0.1) is 0 Å². The molecule has 0 saturated carbocycles. The summed E-state index contributed by atoms with van der Waals surface area (Å²) in [6, 6.07) is 11.4. The van der Waals surface area contributed by atoms with Gasteiger partial charge in [-0.05, 0) is 49.1 Å². The second-order valence-electron chi connectivity index (χ2n) is 6.47. The number of H-pyrrole nitrogens is 1. The van der Waals surface area contributed by atoms with Crippen LogP contribution in [0.1, 0.15) is 23.2 Å². The molecule has 0 amide bonds. The molecule has 8 heteroatoms. The van der Waals surface area contributed by atoms with E-state index >= 15 is 0 Å². The van der Waals surface area contributed by atoms with E-state index < -0.39 is 0 Å². The zero-order chi connectivity index (χ0) is 18.1. The molecule has 5 nitrogen and oxygen atoms in total. The quantitative estimate of drug-likeness (QED) is 0.665. The minimum Gasteiger partial charge on any atom is -0.310 e. The fraction of sp³-hybridized carbons (Fsp3) is 0.263. The molecule has 0 bridgehead atoms. The number of rotatable bonds is 4. The Hall–Kier alpha value is -1.79. The monoisotopic (exact) mass is 424 g/mol. The zero-order valence-corrected chi connectivity index (χ0v) is 16.7. The molecule has 2 N–H and O–H groups in total. The maximum Gasteiger partial charge on any atom is 0.276 e. The molecule has 0 saturated heterocycles. The van der Waals surface area contributed by atoms with Gasteiger partial charge in [0.25, 0.3) is 5.56 Å². The number of hydrogen-bond donors (Lipinski definition) is 2. The Bertz CT molecular complexity index is 984. The number of benzene rings is 1. The number of aromatic nitrogens is 3. The third-order valence-electron chi connectivity index (χ3n) is 4.72. The second kappa shape index (κ2) is 8.48. The van der Waals surface area contributed by atoms with Crippen molar-refractivity contribution in [3.63, 3.8) is 0 Å². The van der Waals surface area contributed by atoms with Gasteiger partial charge >= 0.3 is 0 Å². The van der Waals surface area contributed by atoms with Gasteiger partial charge in [-0.25, -0.2) is 9.67 Å². The number of nitrogens with one attached hydrogen (secondary N) is 2. The molecule has 0 fully saturated rings. The minimum absolute atomic E-state index is 0. The first-order valence-electron chi connectivity index (χ1n) is 8.53. The van der Waals surface area contributed by atoms with Crippen molar-refractivity contribution in [3.8, 4) is 5.82 Å². The highest BCUT2D eigenvalue weighted by Gasteiger charge is 2.24. The lowest BCUT2D eigenvalue weighted by molar-refractivity contribution is 0.454. The lowest BCUT2D eigenvalue weighted by Crippen LogP contribution is -2.35. The summed E-state index contributed by atoms with van der Waals surface area (Å²) in [5, 5.41) is 7.84. The molecule has 1 aliphatic carbocycles. The Morgan fingerprint density at radius 3 is 2.81 bits per heavy atom. The average molecular weight is 426 g/mol. The molecular weight excluding hydrogens is 407 g/mol. The van der Waals surface area contributed by atoms with Gasteiger partial charge in [-0.15, -0.1) is 12.4 Å². The van der Waals surface area contributed by atoms with Crippen molar-refractivity contribution in [2.45, 2.75) is 31.8 Å². The van der Waals surface area contributed by atoms with E-state index in [-0.39, 0.29) is 24.0 Å². The van der Waals surface area contributed by atoms with Crippen LogP contribution in [0.15, 0.2) is 47.4 Å². The molecule has 2 heterocycles. The normalized spacial score (nSPS) is 15.9. The Morgan fingerprint density at radius 2 is 2.07 bits per heavy atom. The molecular formula is C19H19Cl3N4O. The summed E-state index contributed by atoms with van der Waals surface area (Å²) in [4.78, 5) is 17.0. The number of hydrogen-bond acceptors (Lipinski definition) is 3. The summed E-state index contributed by atoms with van der Waals surface area (Å²) >= 11 is 12.0. The van der Waals surface area contributed by atoms with Gasteiger partial charge in [0.15, 0.2) is 5.82 Å². The molecule has 1 atom stereocenters. The highest BCUT2D eigenvalue weighted by molar-refractivity contribution is 6.42. The number of pyridine rings is 1. The highest BCUT2D eigenvalue weighted by atomic mass is 35.5. The van der Waals surface area contributed by atoms with Crippen LogP contribution >= 0.6 is 35.6 Å². The Labute approximate surface area is 173 Å². The Kier molecular flexibility index (Phi) is 6.27. The van der Waals surface area contributed by atoms with E-state index in [4.69, 9.17) is 23.2 Å². The van der Waals surface area contributed by atoms with Gasteiger partial charge in [-0.1, -0.05) is 35.3 Å². The fourth-order valence-electron chi connectivity index (χ4n) is 3.33. The van der Waals surface area contributed by atoms with Crippen molar-refractivity contribution >= 4 is 35.6 Å². The standard InChI is InChI=1S/C19H18Cl2N4O.ClH/c20-15-6-4-12(9-16(15)21)11-23-13-5-7-17-14(10-13)19(26)25(24-17)18-3-1-2-8-22-18;/h1-4,6,8-9,13,23-24H,5,7,10-11H2;1H. The Balaban J connectivity index is 0.00000210. The van der Waals surface area contributed by atoms with Crippen molar-refractivity contribution in [3.05, 3.63) is 79.8 Å². The van der Waals surface area contributed by atoms with E-state index in [0.717, 1.165) is 29.7 Å². The molecule has 4 rings (SSSR count). The van der Waals surface area contributed by atoms with Crippen LogP contribution in [-0.2, 0) is 19.4 Å². The van der Waals surface area contributed by atoms with E-state index in [1.54, 1.807) is 12.3 Å². The molecule has 1 aromatic carbocycles. The van der Waals surface area contributed by atoms with Crippen LogP contribution in [0.25, 0.3) is 5.82 Å². The first-order valence-corrected chi connectivity index (χ1v) is 9.29. The van der Waals surface area contributed by atoms with Gasteiger partial charge in [0.05, 0.1) is 10.0 Å². The van der Waals surface area contributed by atoms with Gasteiger partial charge in [0.1, 0.15) is 0 Å². The van der Waals surface area contributed by atoms with Crippen LogP contribution in [0.3, 0.4) is 0 Å². The smallest absolute Gasteiger partial charge is 0.276 e. The Morgan fingerprint density at radius 1 is 1.22 bits per heavy atom. The fourth-order valence-corrected chi connectivity index (χ4v) is 3.66. The third-order valence-corrected chi connectivity index (χ3v) is 5.46. The summed E-state index contributed by atoms with van der Waals surface area (Å²) in [5.41, 5.74) is 2.91. The SMILES string of the molecule is Cl.O=c1c2c([nH]n1-c1ccccn1)CCC(NCc1ccc(Cl)c(Cl)c1)C2. The van der Waals surface area contributed by atoms with Gasteiger partial charge < -0.3 is 5.32 Å². The number of fused-ring (bicyclic) bond motifs is 1. The predicted molar refractivity (Wildman–Crippen MR) is 111 cm³/mol. The van der Waals surface area contributed by atoms with E-state index in [1.165, 1.54) is 4.68 Å². The largest absolute Gasteiger partial charge is 0.310 e. The van der Waals surface area contributed by atoms with Crippen molar-refractivity contribution in [2.24, 2.45) is 0 Å². The molecule has 142 valence electrons. The molecule has 0 radical (unpaired) electrons. The van der Waals surface area contributed by atoms with Gasteiger partial charge in [0, 0.05) is 30.0 Å². The van der Waals surface area contributed by atoms with E-state index in [9.17, 15) is 4.79 Å². The topological polar surface area (TPSA) is 62.7 Å². The van der Waals surface area contributed by atoms with Crippen LogP contribution < -0.4 is 10.9 Å². The average Bonchev–Trinajstić information content (AvgIpc) is 3.00. The molecule has 27 heavy (non-hydrogen) atoms. The summed E-state index contributed by atoms with van der Waals surface area (Å²) < 4.78 is 1.53. The number of aryl methyl sites for hydroxylation is 1. The van der Waals surface area contributed by atoms with Crippen LogP contribution in [0.2, 0.25) is 10.0 Å². The lowest BCUT2D eigenvalue weighted by atomic mass is 9.93. The van der Waals surface area contributed by atoms with Crippen LogP contribution in [-0.4, -0.2) is 20.8 Å². The van der Waals surface area contributed by atoms with Crippen LogP contribution in [0.4, 0.5) is 0 Å². The maximum absolute atomic E-state index is 12.7. The molecule has 1 aliphatic rings. The van der Waals surface area contributed by atoms with Crippen LogP contribution in [0.5, 0.6) is 0 Å². The predicted octanol–water partition coefficient (Wildman–Crippen LogP) is 3.94. The first-order chi connectivity index (χ1) is 12.6. The summed E-state index contributed by atoms with van der Waals surface area (Å²) in [6.45, 7) is 0.690. The lowest BCUT2D eigenvalue weighted by Gasteiger charge is -2.22.